The molecule has 0 radical (unpaired) electrons. The maximum atomic E-state index is 12.3. The largest absolute Gasteiger partial charge is 0.370 e. The smallest absolute Gasteiger partial charge is 0.216 e. The van der Waals surface area contributed by atoms with E-state index in [9.17, 15) is 8.42 Å². The fourth-order valence-electron chi connectivity index (χ4n) is 4.52. The van der Waals surface area contributed by atoms with Crippen LogP contribution in [-0.2, 0) is 14.8 Å². The Balaban J connectivity index is 1.49. The summed E-state index contributed by atoms with van der Waals surface area (Å²) in [4.78, 5) is 2.29. The molecule has 1 saturated carbocycles. The van der Waals surface area contributed by atoms with Gasteiger partial charge in [-0.15, -0.1) is 0 Å². The summed E-state index contributed by atoms with van der Waals surface area (Å²) in [6.45, 7) is 6.17. The van der Waals surface area contributed by atoms with Crippen LogP contribution in [0.4, 0.5) is 0 Å². The van der Waals surface area contributed by atoms with Crippen LogP contribution in [0.3, 0.4) is 0 Å². The number of likely N-dealkylation sites (tertiary alicyclic amines) is 1. The second kappa shape index (κ2) is 6.98. The van der Waals surface area contributed by atoms with Gasteiger partial charge in [0.25, 0.3) is 0 Å². The van der Waals surface area contributed by atoms with Crippen LogP contribution < -0.4 is 4.72 Å². The quantitative estimate of drug-likeness (QED) is 0.831. The molecule has 2 atom stereocenters. The molecule has 0 amide bonds. The summed E-state index contributed by atoms with van der Waals surface area (Å²) in [5, 5.41) is -0.269. The van der Waals surface area contributed by atoms with Gasteiger partial charge in [-0.05, 0) is 52.5 Å². The molecule has 0 aromatic carbocycles. The van der Waals surface area contributed by atoms with Gasteiger partial charge in [0.15, 0.2) is 0 Å². The Morgan fingerprint density at radius 3 is 2.61 bits per heavy atom. The van der Waals surface area contributed by atoms with Gasteiger partial charge in [0.2, 0.25) is 10.0 Å². The van der Waals surface area contributed by atoms with E-state index in [2.05, 4.69) is 9.62 Å². The predicted octanol–water partition coefficient (Wildman–Crippen LogP) is 2.27. The molecule has 3 aliphatic rings. The second-order valence-electron chi connectivity index (χ2n) is 8.01. The third-order valence-electron chi connectivity index (χ3n) is 5.63. The van der Waals surface area contributed by atoms with E-state index in [-0.39, 0.29) is 16.9 Å². The van der Waals surface area contributed by atoms with E-state index in [0.717, 1.165) is 25.9 Å². The monoisotopic (exact) mass is 344 g/mol. The Hall–Kier alpha value is -0.170. The SMILES string of the molecule is CC(C)NS(=O)(=O)[C@@H]1CCN(C[C@@H]2CCC3(CCCCC3)O2)C1. The Morgan fingerprint density at radius 1 is 1.17 bits per heavy atom. The first-order valence-corrected chi connectivity index (χ1v) is 10.8. The van der Waals surface area contributed by atoms with Crippen molar-refractivity contribution in [3.05, 3.63) is 0 Å². The molecule has 6 heteroatoms. The molecule has 0 aromatic rings. The van der Waals surface area contributed by atoms with Crippen molar-refractivity contribution in [1.29, 1.82) is 0 Å². The molecule has 23 heavy (non-hydrogen) atoms. The Kier molecular flexibility index (Phi) is 5.36. The van der Waals surface area contributed by atoms with Crippen LogP contribution in [0, 0.1) is 0 Å². The lowest BCUT2D eigenvalue weighted by Gasteiger charge is -2.34. The number of hydrogen-bond acceptors (Lipinski definition) is 4. The first-order valence-electron chi connectivity index (χ1n) is 9.30. The van der Waals surface area contributed by atoms with Crippen molar-refractivity contribution in [2.24, 2.45) is 0 Å². The molecule has 134 valence electrons. The van der Waals surface area contributed by atoms with Crippen molar-refractivity contribution in [2.45, 2.75) is 88.2 Å². The molecule has 5 nitrogen and oxygen atoms in total. The lowest BCUT2D eigenvalue weighted by Crippen LogP contribution is -2.41. The minimum absolute atomic E-state index is 0.0293. The van der Waals surface area contributed by atoms with Crippen molar-refractivity contribution in [1.82, 2.24) is 9.62 Å². The van der Waals surface area contributed by atoms with Crippen LogP contribution in [-0.4, -0.2) is 55.9 Å². The van der Waals surface area contributed by atoms with E-state index < -0.39 is 10.0 Å². The summed E-state index contributed by atoms with van der Waals surface area (Å²) < 4.78 is 33.8. The van der Waals surface area contributed by atoms with E-state index in [1.54, 1.807) is 0 Å². The number of rotatable bonds is 5. The van der Waals surface area contributed by atoms with E-state index in [1.807, 2.05) is 13.8 Å². The topological polar surface area (TPSA) is 58.6 Å². The highest BCUT2D eigenvalue weighted by molar-refractivity contribution is 7.90. The minimum atomic E-state index is -3.19. The van der Waals surface area contributed by atoms with Gasteiger partial charge in [0.1, 0.15) is 0 Å². The van der Waals surface area contributed by atoms with Gasteiger partial charge >= 0.3 is 0 Å². The van der Waals surface area contributed by atoms with Crippen LogP contribution >= 0.6 is 0 Å². The summed E-state index contributed by atoms with van der Waals surface area (Å²) in [6.07, 6.45) is 9.77. The number of hydrogen-bond donors (Lipinski definition) is 1. The molecule has 2 aliphatic heterocycles. The minimum Gasteiger partial charge on any atom is -0.370 e. The highest BCUT2D eigenvalue weighted by Crippen LogP contribution is 2.42. The molecule has 2 saturated heterocycles. The van der Waals surface area contributed by atoms with Crippen LogP contribution in [0.2, 0.25) is 0 Å². The third-order valence-corrected chi connectivity index (χ3v) is 7.70. The maximum absolute atomic E-state index is 12.3. The van der Waals surface area contributed by atoms with Crippen molar-refractivity contribution in [3.63, 3.8) is 0 Å². The van der Waals surface area contributed by atoms with E-state index >= 15 is 0 Å². The fourth-order valence-corrected chi connectivity index (χ4v) is 6.19. The standard InChI is InChI=1S/C17H32N2O3S/c1-14(2)18-23(20,21)16-7-11-19(13-16)12-15-6-10-17(22-15)8-4-3-5-9-17/h14-16,18H,3-13H2,1-2H3/t15-,16+/m0/s1. The van der Waals surface area contributed by atoms with Crippen molar-refractivity contribution < 1.29 is 13.2 Å². The molecular weight excluding hydrogens is 312 g/mol. The average molecular weight is 345 g/mol. The zero-order valence-corrected chi connectivity index (χ0v) is 15.4. The molecule has 2 heterocycles. The van der Waals surface area contributed by atoms with Gasteiger partial charge in [-0.2, -0.15) is 0 Å². The highest BCUT2D eigenvalue weighted by atomic mass is 32.2. The van der Waals surface area contributed by atoms with Crippen molar-refractivity contribution in [2.75, 3.05) is 19.6 Å². The Labute approximate surface area is 141 Å². The zero-order chi connectivity index (χ0) is 16.5. The Morgan fingerprint density at radius 2 is 1.91 bits per heavy atom. The predicted molar refractivity (Wildman–Crippen MR) is 92.0 cm³/mol. The third kappa shape index (κ3) is 4.27. The summed E-state index contributed by atoms with van der Waals surface area (Å²) in [6, 6.07) is -0.0293. The number of sulfonamides is 1. The van der Waals surface area contributed by atoms with Gasteiger partial charge in [0.05, 0.1) is 17.0 Å². The highest BCUT2D eigenvalue weighted by Gasteiger charge is 2.42. The normalized spacial score (nSPS) is 32.1. The molecule has 1 aliphatic carbocycles. The number of nitrogens with zero attached hydrogens (tertiary/aromatic N) is 1. The molecule has 3 fully saturated rings. The zero-order valence-electron chi connectivity index (χ0n) is 14.6. The van der Waals surface area contributed by atoms with E-state index in [0.29, 0.717) is 12.6 Å². The summed E-state index contributed by atoms with van der Waals surface area (Å²) in [7, 11) is -3.19. The van der Waals surface area contributed by atoms with Gasteiger partial charge in [0, 0.05) is 19.1 Å². The van der Waals surface area contributed by atoms with Crippen LogP contribution in [0.5, 0.6) is 0 Å². The molecule has 0 aromatic heterocycles. The summed E-state index contributed by atoms with van der Waals surface area (Å²) >= 11 is 0. The van der Waals surface area contributed by atoms with Gasteiger partial charge in [-0.25, -0.2) is 13.1 Å². The van der Waals surface area contributed by atoms with Crippen LogP contribution in [0.15, 0.2) is 0 Å². The molecule has 1 N–H and O–H groups in total. The lowest BCUT2D eigenvalue weighted by molar-refractivity contribution is -0.0703. The average Bonchev–Trinajstić information content (AvgIpc) is 3.07. The fraction of sp³-hybridized carbons (Fsp3) is 1.00. The van der Waals surface area contributed by atoms with Crippen LogP contribution in [0.25, 0.3) is 0 Å². The van der Waals surface area contributed by atoms with E-state index in [1.165, 1.54) is 38.5 Å². The van der Waals surface area contributed by atoms with Crippen molar-refractivity contribution >= 4 is 10.0 Å². The van der Waals surface area contributed by atoms with Crippen LogP contribution in [0.1, 0.15) is 65.2 Å². The summed E-state index contributed by atoms with van der Waals surface area (Å²) in [5.41, 5.74) is 0.160. The Bertz CT molecular complexity index is 500. The van der Waals surface area contributed by atoms with Gasteiger partial charge in [-0.1, -0.05) is 19.3 Å². The first-order chi connectivity index (χ1) is 10.9. The molecule has 0 unspecified atom stereocenters. The first kappa shape index (κ1) is 17.6. The maximum Gasteiger partial charge on any atom is 0.216 e. The second-order valence-corrected chi connectivity index (χ2v) is 10.0. The van der Waals surface area contributed by atoms with Gasteiger partial charge in [-0.3, -0.25) is 4.90 Å². The molecular formula is C17H32N2O3S. The molecule has 1 spiro atoms. The van der Waals surface area contributed by atoms with Crippen molar-refractivity contribution in [3.8, 4) is 0 Å². The van der Waals surface area contributed by atoms with E-state index in [4.69, 9.17) is 4.74 Å². The molecule has 3 rings (SSSR count). The molecule has 0 bridgehead atoms. The van der Waals surface area contributed by atoms with Gasteiger partial charge < -0.3 is 4.74 Å². The number of ether oxygens (including phenoxy) is 1. The summed E-state index contributed by atoms with van der Waals surface area (Å²) in [5.74, 6) is 0. The number of nitrogens with one attached hydrogen (secondary N) is 1. The lowest BCUT2D eigenvalue weighted by atomic mass is 9.83.